The van der Waals surface area contributed by atoms with Crippen molar-refractivity contribution >= 4 is 28.2 Å². The van der Waals surface area contributed by atoms with Gasteiger partial charge in [-0.2, -0.15) is 0 Å². The second-order valence-electron chi connectivity index (χ2n) is 7.74. The number of thiophene rings is 1. The maximum absolute atomic E-state index is 12.7. The van der Waals surface area contributed by atoms with Crippen LogP contribution in [0, 0.1) is 20.8 Å². The Hall–Kier alpha value is -3.85. The normalized spacial score (nSPS) is 11.7. The van der Waals surface area contributed by atoms with Crippen LogP contribution in [-0.2, 0) is 0 Å². The van der Waals surface area contributed by atoms with Crippen LogP contribution in [-0.4, -0.2) is 30.1 Å². The molecule has 4 rings (SSSR count). The van der Waals surface area contributed by atoms with Crippen molar-refractivity contribution in [3.63, 3.8) is 0 Å². The lowest BCUT2D eigenvalue weighted by Gasteiger charge is -2.22. The zero-order valence-electron chi connectivity index (χ0n) is 19.6. The molecule has 9 heteroatoms. The van der Waals surface area contributed by atoms with Gasteiger partial charge in [0.15, 0.2) is 17.3 Å². The first kappa shape index (κ1) is 23.3. The summed E-state index contributed by atoms with van der Waals surface area (Å²) in [5.74, 6) is 1.64. The number of nitrogens with zero attached hydrogens (tertiary/aromatic N) is 2. The number of aromatic nitrogens is 2. The minimum absolute atomic E-state index is 0.241. The number of nitrogens with one attached hydrogen (secondary N) is 2. The highest BCUT2D eigenvalue weighted by molar-refractivity contribution is 7.16. The third-order valence-electron chi connectivity index (χ3n) is 5.16. The molecule has 4 aromatic rings. The topological polar surface area (TPSA) is 98.5 Å². The third-order valence-corrected chi connectivity index (χ3v) is 6.15. The largest absolute Gasteiger partial charge is 0.493 e. The molecule has 3 heterocycles. The zero-order chi connectivity index (χ0) is 24.2. The van der Waals surface area contributed by atoms with E-state index in [2.05, 4.69) is 20.6 Å². The molecule has 0 saturated carbocycles. The number of furan rings is 1. The molecule has 176 valence electrons. The highest BCUT2D eigenvalue weighted by atomic mass is 32.1. The Morgan fingerprint density at radius 1 is 1.00 bits per heavy atom. The Morgan fingerprint density at radius 3 is 2.38 bits per heavy atom. The van der Waals surface area contributed by atoms with Crippen LogP contribution in [0.15, 0.2) is 53.1 Å². The molecule has 1 atom stereocenters. The first-order chi connectivity index (χ1) is 16.4. The molecule has 0 saturated heterocycles. The smallest absolute Gasteiger partial charge is 0.291 e. The number of hydrogen-bond donors (Lipinski definition) is 2. The van der Waals surface area contributed by atoms with E-state index in [9.17, 15) is 4.79 Å². The summed E-state index contributed by atoms with van der Waals surface area (Å²) in [6.45, 7) is 5.85. The van der Waals surface area contributed by atoms with E-state index in [-0.39, 0.29) is 17.7 Å². The molecular weight excluding hydrogens is 452 g/mol. The quantitative estimate of drug-likeness (QED) is 0.344. The number of amides is 1. The van der Waals surface area contributed by atoms with Gasteiger partial charge >= 0.3 is 0 Å². The number of carbonyl (C=O) groups excluding carboxylic acids is 1. The van der Waals surface area contributed by atoms with Gasteiger partial charge in [-0.05, 0) is 62.7 Å². The number of anilines is 2. The first-order valence-corrected chi connectivity index (χ1v) is 11.5. The lowest BCUT2D eigenvalue weighted by atomic mass is 9.99. The van der Waals surface area contributed by atoms with Crippen molar-refractivity contribution in [2.75, 3.05) is 24.9 Å². The van der Waals surface area contributed by atoms with E-state index in [1.54, 1.807) is 26.4 Å². The van der Waals surface area contributed by atoms with Crippen molar-refractivity contribution in [2.45, 2.75) is 26.8 Å². The first-order valence-electron chi connectivity index (χ1n) is 10.6. The van der Waals surface area contributed by atoms with Gasteiger partial charge in [0.05, 0.1) is 26.5 Å². The van der Waals surface area contributed by atoms with E-state index in [0.717, 1.165) is 27.4 Å². The molecule has 34 heavy (non-hydrogen) atoms. The number of carbonyl (C=O) groups is 1. The summed E-state index contributed by atoms with van der Waals surface area (Å²) in [4.78, 5) is 22.9. The van der Waals surface area contributed by atoms with Crippen LogP contribution in [0.1, 0.15) is 44.0 Å². The highest BCUT2D eigenvalue weighted by Crippen LogP contribution is 2.40. The van der Waals surface area contributed by atoms with Gasteiger partial charge in [-0.1, -0.05) is 6.07 Å². The Labute approximate surface area is 202 Å². The fourth-order valence-corrected chi connectivity index (χ4v) is 4.66. The van der Waals surface area contributed by atoms with Gasteiger partial charge in [0.25, 0.3) is 5.91 Å². The lowest BCUT2D eigenvalue weighted by molar-refractivity contribution is 0.0997. The number of methoxy groups -OCH3 is 2. The SMILES string of the molecule is COc1ccc([C@H](Nc2nc(C)cc(C)n2)c2cc(C)sc2NC(=O)c2ccco2)cc1OC. The summed E-state index contributed by atoms with van der Waals surface area (Å²) < 4.78 is 16.2. The molecule has 3 aromatic heterocycles. The molecule has 1 aromatic carbocycles. The molecule has 0 aliphatic carbocycles. The van der Waals surface area contributed by atoms with E-state index < -0.39 is 0 Å². The number of benzene rings is 1. The lowest BCUT2D eigenvalue weighted by Crippen LogP contribution is -2.18. The standard InChI is InChI=1S/C25H26N4O4S/c1-14-11-15(2)27-25(26-14)28-22(17-8-9-19(31-4)21(13-17)32-5)18-12-16(3)34-24(18)29-23(30)20-7-6-10-33-20/h6-13,22H,1-5H3,(H,29,30)(H,26,27,28)/t22-/m0/s1. The molecule has 0 radical (unpaired) electrons. The predicted molar refractivity (Wildman–Crippen MR) is 132 cm³/mol. The van der Waals surface area contributed by atoms with Crippen LogP contribution < -0.4 is 20.1 Å². The summed E-state index contributed by atoms with van der Waals surface area (Å²) in [5, 5.41) is 7.15. The molecule has 0 fully saturated rings. The maximum Gasteiger partial charge on any atom is 0.291 e. The molecule has 2 N–H and O–H groups in total. The predicted octanol–water partition coefficient (Wildman–Crippen LogP) is 5.53. The van der Waals surface area contributed by atoms with E-state index in [1.165, 1.54) is 17.6 Å². The Balaban J connectivity index is 1.79. The summed E-state index contributed by atoms with van der Waals surface area (Å²) >= 11 is 1.49. The summed E-state index contributed by atoms with van der Waals surface area (Å²) in [6.07, 6.45) is 1.47. The minimum Gasteiger partial charge on any atom is -0.493 e. The van der Waals surface area contributed by atoms with Gasteiger partial charge in [-0.15, -0.1) is 11.3 Å². The minimum atomic E-state index is -0.377. The van der Waals surface area contributed by atoms with E-state index >= 15 is 0 Å². The van der Waals surface area contributed by atoms with E-state index in [4.69, 9.17) is 13.9 Å². The summed E-state index contributed by atoms with van der Waals surface area (Å²) in [6, 6.07) is 12.6. The summed E-state index contributed by atoms with van der Waals surface area (Å²) in [7, 11) is 3.20. The molecule has 0 spiro atoms. The van der Waals surface area contributed by atoms with Crippen molar-refractivity contribution in [3.05, 3.63) is 81.9 Å². The van der Waals surface area contributed by atoms with Gasteiger partial charge in [-0.3, -0.25) is 4.79 Å². The second kappa shape index (κ2) is 9.96. The summed E-state index contributed by atoms with van der Waals surface area (Å²) in [5.41, 5.74) is 3.48. The van der Waals surface area contributed by atoms with Crippen LogP contribution in [0.3, 0.4) is 0 Å². The van der Waals surface area contributed by atoms with Gasteiger partial charge in [0.2, 0.25) is 5.95 Å². The van der Waals surface area contributed by atoms with Crippen molar-refractivity contribution in [1.82, 2.24) is 9.97 Å². The molecule has 1 amide bonds. The van der Waals surface area contributed by atoms with Gasteiger partial charge < -0.3 is 24.5 Å². The third kappa shape index (κ3) is 5.04. The molecule has 0 aliphatic rings. The van der Waals surface area contributed by atoms with Crippen LogP contribution in [0.4, 0.5) is 10.9 Å². The van der Waals surface area contributed by atoms with Gasteiger partial charge in [0.1, 0.15) is 5.00 Å². The molecule has 0 aliphatic heterocycles. The molecule has 8 nitrogen and oxygen atoms in total. The molecule has 0 bridgehead atoms. The fraction of sp³-hybridized carbons (Fsp3) is 0.240. The Bertz CT molecular complexity index is 1280. The van der Waals surface area contributed by atoms with Crippen LogP contribution in [0.5, 0.6) is 11.5 Å². The maximum atomic E-state index is 12.7. The van der Waals surface area contributed by atoms with Crippen molar-refractivity contribution in [1.29, 1.82) is 0 Å². The zero-order valence-corrected chi connectivity index (χ0v) is 20.4. The van der Waals surface area contributed by atoms with E-state index in [0.29, 0.717) is 22.4 Å². The van der Waals surface area contributed by atoms with Crippen molar-refractivity contribution in [3.8, 4) is 11.5 Å². The Morgan fingerprint density at radius 2 is 1.74 bits per heavy atom. The molecular formula is C25H26N4O4S. The second-order valence-corrected chi connectivity index (χ2v) is 9.00. The van der Waals surface area contributed by atoms with E-state index in [1.807, 2.05) is 51.1 Å². The van der Waals surface area contributed by atoms with Crippen LogP contribution >= 0.6 is 11.3 Å². The van der Waals surface area contributed by atoms with Crippen LogP contribution in [0.2, 0.25) is 0 Å². The fourth-order valence-electron chi connectivity index (χ4n) is 3.71. The van der Waals surface area contributed by atoms with Crippen molar-refractivity contribution < 1.29 is 18.7 Å². The number of rotatable bonds is 8. The highest BCUT2D eigenvalue weighted by Gasteiger charge is 2.24. The van der Waals surface area contributed by atoms with Gasteiger partial charge in [0, 0.05) is 21.8 Å². The number of hydrogen-bond acceptors (Lipinski definition) is 8. The average molecular weight is 479 g/mol. The number of aryl methyl sites for hydroxylation is 3. The van der Waals surface area contributed by atoms with Crippen molar-refractivity contribution in [2.24, 2.45) is 0 Å². The average Bonchev–Trinajstić information content (AvgIpc) is 3.46. The Kier molecular flexibility index (Phi) is 6.83. The van der Waals surface area contributed by atoms with Gasteiger partial charge in [-0.25, -0.2) is 9.97 Å². The number of ether oxygens (including phenoxy) is 2. The van der Waals surface area contributed by atoms with Crippen LogP contribution in [0.25, 0.3) is 0 Å². The monoisotopic (exact) mass is 478 g/mol. The molecule has 0 unspecified atom stereocenters.